The molecule has 2 rings (SSSR count). The summed E-state index contributed by atoms with van der Waals surface area (Å²) >= 11 is 0. The molecule has 0 radical (unpaired) electrons. The van der Waals surface area contributed by atoms with Crippen molar-refractivity contribution in [3.05, 3.63) is 83.4 Å². The van der Waals surface area contributed by atoms with Gasteiger partial charge in [0, 0.05) is 5.56 Å². The number of carbonyl (C=O) groups excluding carboxylic acids is 1. The number of hydrogen-bond acceptors (Lipinski definition) is 1. The predicted molar refractivity (Wildman–Crippen MR) is 101 cm³/mol. The van der Waals surface area contributed by atoms with Crippen molar-refractivity contribution in [3.63, 3.8) is 0 Å². The molecule has 24 heavy (non-hydrogen) atoms. The van der Waals surface area contributed by atoms with Gasteiger partial charge in [0.2, 0.25) is 0 Å². The molecular formula is C22H27NO. The lowest BCUT2D eigenvalue weighted by atomic mass is 9.93. The van der Waals surface area contributed by atoms with Crippen LogP contribution in [0.1, 0.15) is 61.5 Å². The summed E-state index contributed by atoms with van der Waals surface area (Å²) in [5.41, 5.74) is 3.14. The van der Waals surface area contributed by atoms with E-state index in [9.17, 15) is 4.79 Å². The monoisotopic (exact) mass is 321 g/mol. The molecule has 1 atom stereocenters. The third-order valence-corrected chi connectivity index (χ3v) is 4.05. The van der Waals surface area contributed by atoms with Gasteiger partial charge in [-0.05, 0) is 36.1 Å². The molecule has 126 valence electrons. The largest absolute Gasteiger partial charge is 0.341 e. The summed E-state index contributed by atoms with van der Waals surface area (Å²) < 4.78 is 0. The molecule has 0 saturated heterocycles. The van der Waals surface area contributed by atoms with E-state index in [1.807, 2.05) is 48.5 Å². The Morgan fingerprint density at radius 3 is 2.17 bits per heavy atom. The number of benzene rings is 2. The second-order valence-corrected chi connectivity index (χ2v) is 6.00. The van der Waals surface area contributed by atoms with Crippen LogP contribution < -0.4 is 5.32 Å². The first-order valence-corrected chi connectivity index (χ1v) is 8.86. The fraction of sp³-hybridized carbons (Fsp3) is 0.318. The van der Waals surface area contributed by atoms with E-state index < -0.39 is 0 Å². The van der Waals surface area contributed by atoms with Crippen LogP contribution in [0.25, 0.3) is 0 Å². The molecule has 0 aliphatic rings. The van der Waals surface area contributed by atoms with E-state index in [-0.39, 0.29) is 11.9 Å². The molecule has 0 aromatic heterocycles. The van der Waals surface area contributed by atoms with Gasteiger partial charge in [-0.2, -0.15) is 0 Å². The fourth-order valence-electron chi connectivity index (χ4n) is 2.82. The van der Waals surface area contributed by atoms with Crippen LogP contribution in [0.3, 0.4) is 0 Å². The second-order valence-electron chi connectivity index (χ2n) is 6.00. The van der Waals surface area contributed by atoms with Gasteiger partial charge in [-0.1, -0.05) is 81.3 Å². The molecule has 2 aromatic carbocycles. The van der Waals surface area contributed by atoms with Crippen LogP contribution >= 0.6 is 0 Å². The Balaban J connectivity index is 2.30. The maximum absolute atomic E-state index is 12.7. The van der Waals surface area contributed by atoms with Crippen LogP contribution in [0.5, 0.6) is 0 Å². The lowest BCUT2D eigenvalue weighted by molar-refractivity contribution is 0.0941. The Bertz CT molecular complexity index is 646. The summed E-state index contributed by atoms with van der Waals surface area (Å²) in [7, 11) is 0. The number of amides is 1. The van der Waals surface area contributed by atoms with Crippen molar-refractivity contribution < 1.29 is 4.79 Å². The molecule has 1 N–H and O–H groups in total. The van der Waals surface area contributed by atoms with E-state index in [0.29, 0.717) is 5.56 Å². The predicted octanol–water partition coefficient (Wildman–Crippen LogP) is 5.68. The summed E-state index contributed by atoms with van der Waals surface area (Å²) in [5.74, 6) is -0.0250. The Morgan fingerprint density at radius 2 is 1.58 bits per heavy atom. The Morgan fingerprint density at radius 1 is 0.958 bits per heavy atom. The molecule has 0 aliphatic heterocycles. The van der Waals surface area contributed by atoms with E-state index >= 15 is 0 Å². The van der Waals surface area contributed by atoms with E-state index in [1.165, 1.54) is 5.57 Å². The molecule has 1 amide bonds. The zero-order valence-corrected chi connectivity index (χ0v) is 14.7. The van der Waals surface area contributed by atoms with Gasteiger partial charge in [-0.15, -0.1) is 0 Å². The lowest BCUT2D eigenvalue weighted by Gasteiger charge is -2.23. The van der Waals surface area contributed by atoms with Crippen molar-refractivity contribution in [2.45, 2.75) is 45.6 Å². The number of allylic oxidation sites excluding steroid dienone is 1. The summed E-state index contributed by atoms with van der Waals surface area (Å²) in [6, 6.07) is 19.6. The minimum absolute atomic E-state index is 0.0250. The Kier molecular flexibility index (Phi) is 7.28. The average Bonchev–Trinajstić information content (AvgIpc) is 2.64. The van der Waals surface area contributed by atoms with Gasteiger partial charge >= 0.3 is 0 Å². The van der Waals surface area contributed by atoms with E-state index in [0.717, 1.165) is 31.2 Å². The van der Waals surface area contributed by atoms with Gasteiger partial charge in [0.05, 0.1) is 6.04 Å². The maximum atomic E-state index is 12.7. The quantitative estimate of drug-likeness (QED) is 0.622. The van der Waals surface area contributed by atoms with Gasteiger partial charge in [0.15, 0.2) is 0 Å². The van der Waals surface area contributed by atoms with Crippen LogP contribution in [0.15, 0.2) is 72.3 Å². The molecular weight excluding hydrogens is 294 g/mol. The number of hydrogen-bond donors (Lipinski definition) is 1. The first kappa shape index (κ1) is 18.0. The molecule has 2 nitrogen and oxygen atoms in total. The van der Waals surface area contributed by atoms with Crippen LogP contribution in [0.4, 0.5) is 0 Å². The molecule has 2 aromatic rings. The van der Waals surface area contributed by atoms with Crippen LogP contribution in [-0.2, 0) is 0 Å². The zero-order chi connectivity index (χ0) is 17.2. The normalized spacial score (nSPS) is 12.7. The smallest absolute Gasteiger partial charge is 0.252 e. The molecule has 0 heterocycles. The van der Waals surface area contributed by atoms with Crippen molar-refractivity contribution >= 4 is 5.91 Å². The van der Waals surface area contributed by atoms with Gasteiger partial charge in [0.25, 0.3) is 5.91 Å². The number of unbranched alkanes of at least 4 members (excludes halogenated alkanes) is 1. The second kappa shape index (κ2) is 9.71. The summed E-state index contributed by atoms with van der Waals surface area (Å²) in [5, 5.41) is 3.24. The van der Waals surface area contributed by atoms with Crippen molar-refractivity contribution in [1.82, 2.24) is 5.32 Å². The Labute approximate surface area is 145 Å². The average molecular weight is 321 g/mol. The van der Waals surface area contributed by atoms with Gasteiger partial charge in [-0.25, -0.2) is 0 Å². The topological polar surface area (TPSA) is 29.1 Å². The number of rotatable bonds is 8. The third kappa shape index (κ3) is 5.09. The zero-order valence-electron chi connectivity index (χ0n) is 14.7. The maximum Gasteiger partial charge on any atom is 0.252 e. The SMILES string of the molecule is CCC/C=C(\CCC)[C@@H](NC(=O)c1ccccc1)c1ccccc1. The summed E-state index contributed by atoms with van der Waals surface area (Å²) in [6.07, 6.45) is 6.52. The first-order chi connectivity index (χ1) is 11.8. The highest BCUT2D eigenvalue weighted by molar-refractivity contribution is 5.94. The van der Waals surface area contributed by atoms with Crippen LogP contribution in [0.2, 0.25) is 0 Å². The Hall–Kier alpha value is -2.35. The fourth-order valence-corrected chi connectivity index (χ4v) is 2.82. The molecule has 0 saturated carbocycles. The highest BCUT2D eigenvalue weighted by atomic mass is 16.1. The molecule has 2 heteroatoms. The molecule has 0 fully saturated rings. The van der Waals surface area contributed by atoms with E-state index in [1.54, 1.807) is 0 Å². The van der Waals surface area contributed by atoms with Crippen molar-refractivity contribution in [1.29, 1.82) is 0 Å². The first-order valence-electron chi connectivity index (χ1n) is 8.86. The van der Waals surface area contributed by atoms with Crippen molar-refractivity contribution in [2.75, 3.05) is 0 Å². The lowest BCUT2D eigenvalue weighted by Crippen LogP contribution is -2.30. The van der Waals surface area contributed by atoms with E-state index in [2.05, 4.69) is 37.4 Å². The minimum Gasteiger partial charge on any atom is -0.341 e. The van der Waals surface area contributed by atoms with Crippen molar-refractivity contribution in [2.24, 2.45) is 0 Å². The van der Waals surface area contributed by atoms with Crippen molar-refractivity contribution in [3.8, 4) is 0 Å². The number of nitrogens with one attached hydrogen (secondary N) is 1. The highest BCUT2D eigenvalue weighted by Crippen LogP contribution is 2.26. The minimum atomic E-state index is -0.0644. The number of carbonyl (C=O) groups is 1. The molecule has 0 unspecified atom stereocenters. The third-order valence-electron chi connectivity index (χ3n) is 4.05. The molecule has 0 aliphatic carbocycles. The summed E-state index contributed by atoms with van der Waals surface area (Å²) in [6.45, 7) is 4.36. The summed E-state index contributed by atoms with van der Waals surface area (Å²) in [4.78, 5) is 12.7. The van der Waals surface area contributed by atoms with Crippen LogP contribution in [0, 0.1) is 0 Å². The van der Waals surface area contributed by atoms with Gasteiger partial charge < -0.3 is 5.32 Å². The van der Waals surface area contributed by atoms with Gasteiger partial charge in [-0.3, -0.25) is 4.79 Å². The van der Waals surface area contributed by atoms with E-state index in [4.69, 9.17) is 0 Å². The highest BCUT2D eigenvalue weighted by Gasteiger charge is 2.19. The molecule has 0 bridgehead atoms. The van der Waals surface area contributed by atoms with Gasteiger partial charge in [0.1, 0.15) is 0 Å². The molecule has 0 spiro atoms. The van der Waals surface area contributed by atoms with Crippen LogP contribution in [-0.4, -0.2) is 5.91 Å². The standard InChI is InChI=1S/C22H27NO/c1-3-5-13-18(12-4-2)21(19-14-8-6-9-15-19)23-22(24)20-16-10-7-11-17-20/h6-11,13-17,21H,3-5,12H2,1-2H3,(H,23,24)/b18-13+/t21-/m1/s1.